The molecule has 1 amide bonds. The Morgan fingerprint density at radius 3 is 2.43 bits per heavy atom. The summed E-state index contributed by atoms with van der Waals surface area (Å²) in [6.45, 7) is 8.34. The van der Waals surface area contributed by atoms with Crippen LogP contribution in [0.15, 0.2) is 54.6 Å². The van der Waals surface area contributed by atoms with E-state index in [9.17, 15) is 4.79 Å². The van der Waals surface area contributed by atoms with Crippen molar-refractivity contribution in [3.63, 3.8) is 0 Å². The summed E-state index contributed by atoms with van der Waals surface area (Å²) in [5.74, 6) is 2.45. The topological polar surface area (TPSA) is 35.6 Å². The molecule has 2 aliphatic heterocycles. The standard InChI is InChI=1S/C26H33N3O/c1-2-12-29-16-21-11-7-6-10-20(21)13-25(29)26(30)27-14-22-23-17-28(18-24(22)23)15-19-8-4-3-5-9-19/h3-11,22-25H,2,12-18H2,1H3,(H,27,30). The lowest BCUT2D eigenvalue weighted by Gasteiger charge is -2.35. The zero-order chi connectivity index (χ0) is 20.5. The van der Waals surface area contributed by atoms with E-state index in [4.69, 9.17) is 0 Å². The molecule has 1 saturated carbocycles. The number of fused-ring (bicyclic) bond motifs is 2. The number of rotatable bonds is 7. The van der Waals surface area contributed by atoms with Crippen molar-refractivity contribution >= 4 is 5.91 Å². The molecule has 1 aliphatic carbocycles. The molecule has 4 nitrogen and oxygen atoms in total. The summed E-state index contributed by atoms with van der Waals surface area (Å²) in [6, 6.07) is 19.3. The van der Waals surface area contributed by atoms with Crippen molar-refractivity contribution in [3.05, 3.63) is 71.3 Å². The van der Waals surface area contributed by atoms with Gasteiger partial charge in [0.15, 0.2) is 0 Å². The SMILES string of the molecule is CCCN1Cc2ccccc2CC1C(=O)NCC1C2CN(Cc3ccccc3)CC12. The predicted molar refractivity (Wildman–Crippen MR) is 120 cm³/mol. The molecule has 2 fully saturated rings. The summed E-state index contributed by atoms with van der Waals surface area (Å²) in [4.78, 5) is 18.0. The number of piperidine rings is 1. The van der Waals surface area contributed by atoms with Crippen LogP contribution in [0.25, 0.3) is 0 Å². The summed E-state index contributed by atoms with van der Waals surface area (Å²) in [5, 5.41) is 3.33. The van der Waals surface area contributed by atoms with E-state index in [1.165, 1.54) is 29.8 Å². The Balaban J connectivity index is 1.12. The normalized spacial score (nSPS) is 28.0. The Morgan fingerprint density at radius 1 is 1.00 bits per heavy atom. The highest BCUT2D eigenvalue weighted by atomic mass is 16.2. The molecule has 158 valence electrons. The maximum Gasteiger partial charge on any atom is 0.237 e. The van der Waals surface area contributed by atoms with Gasteiger partial charge in [0, 0.05) is 32.7 Å². The summed E-state index contributed by atoms with van der Waals surface area (Å²) in [5.41, 5.74) is 4.12. The van der Waals surface area contributed by atoms with E-state index < -0.39 is 0 Å². The van der Waals surface area contributed by atoms with Gasteiger partial charge < -0.3 is 5.32 Å². The lowest BCUT2D eigenvalue weighted by atomic mass is 9.93. The van der Waals surface area contributed by atoms with Crippen molar-refractivity contribution < 1.29 is 4.79 Å². The largest absolute Gasteiger partial charge is 0.354 e. The monoisotopic (exact) mass is 403 g/mol. The van der Waals surface area contributed by atoms with Gasteiger partial charge in [-0.05, 0) is 53.8 Å². The van der Waals surface area contributed by atoms with Gasteiger partial charge in [-0.3, -0.25) is 14.6 Å². The van der Waals surface area contributed by atoms with Gasteiger partial charge in [-0.1, -0.05) is 61.5 Å². The number of hydrogen-bond acceptors (Lipinski definition) is 3. The first-order valence-corrected chi connectivity index (χ1v) is 11.6. The van der Waals surface area contributed by atoms with Crippen molar-refractivity contribution in [1.29, 1.82) is 0 Å². The summed E-state index contributed by atoms with van der Waals surface area (Å²) < 4.78 is 0. The van der Waals surface area contributed by atoms with Gasteiger partial charge in [-0.25, -0.2) is 0 Å². The van der Waals surface area contributed by atoms with Gasteiger partial charge in [0.25, 0.3) is 0 Å². The van der Waals surface area contributed by atoms with E-state index >= 15 is 0 Å². The summed E-state index contributed by atoms with van der Waals surface area (Å²) in [6.07, 6.45) is 1.92. The average Bonchev–Trinajstić information content (AvgIpc) is 3.23. The predicted octanol–water partition coefficient (Wildman–Crippen LogP) is 3.32. The smallest absolute Gasteiger partial charge is 0.237 e. The van der Waals surface area contributed by atoms with Crippen LogP contribution in [0.2, 0.25) is 0 Å². The van der Waals surface area contributed by atoms with E-state index in [1.807, 2.05) is 0 Å². The van der Waals surface area contributed by atoms with Crippen LogP contribution in [0, 0.1) is 17.8 Å². The van der Waals surface area contributed by atoms with Crippen LogP contribution < -0.4 is 5.32 Å². The van der Waals surface area contributed by atoms with E-state index in [-0.39, 0.29) is 11.9 Å². The van der Waals surface area contributed by atoms with Gasteiger partial charge in [0.1, 0.15) is 0 Å². The first-order chi connectivity index (χ1) is 14.7. The summed E-state index contributed by atoms with van der Waals surface area (Å²) in [7, 11) is 0. The van der Waals surface area contributed by atoms with Crippen molar-refractivity contribution in [3.8, 4) is 0 Å². The average molecular weight is 404 g/mol. The van der Waals surface area contributed by atoms with E-state index in [1.54, 1.807) is 0 Å². The zero-order valence-electron chi connectivity index (χ0n) is 18.0. The van der Waals surface area contributed by atoms with Crippen LogP contribution in [-0.2, 0) is 24.3 Å². The first kappa shape index (κ1) is 19.8. The van der Waals surface area contributed by atoms with Gasteiger partial charge in [-0.15, -0.1) is 0 Å². The minimum Gasteiger partial charge on any atom is -0.354 e. The number of benzene rings is 2. The molecule has 4 heteroatoms. The van der Waals surface area contributed by atoms with Crippen molar-refractivity contribution in [2.75, 3.05) is 26.2 Å². The summed E-state index contributed by atoms with van der Waals surface area (Å²) >= 11 is 0. The molecule has 1 N–H and O–H groups in total. The number of carbonyl (C=O) groups is 1. The van der Waals surface area contributed by atoms with Gasteiger partial charge in [-0.2, -0.15) is 0 Å². The van der Waals surface area contributed by atoms with Gasteiger partial charge >= 0.3 is 0 Å². The molecule has 0 aromatic heterocycles. The molecule has 2 aromatic rings. The van der Waals surface area contributed by atoms with Crippen LogP contribution in [0.5, 0.6) is 0 Å². The minimum absolute atomic E-state index is 0.0204. The van der Waals surface area contributed by atoms with E-state index in [2.05, 4.69) is 76.6 Å². The third kappa shape index (κ3) is 4.03. The van der Waals surface area contributed by atoms with Crippen LogP contribution >= 0.6 is 0 Å². The second kappa shape index (κ2) is 8.52. The number of carbonyl (C=O) groups excluding carboxylic acids is 1. The fraction of sp³-hybridized carbons (Fsp3) is 0.500. The molecule has 0 radical (unpaired) electrons. The number of nitrogens with zero attached hydrogens (tertiary/aromatic N) is 2. The van der Waals surface area contributed by atoms with E-state index in [0.29, 0.717) is 5.92 Å². The van der Waals surface area contributed by atoms with Gasteiger partial charge in [0.05, 0.1) is 6.04 Å². The van der Waals surface area contributed by atoms with Crippen molar-refractivity contribution in [2.24, 2.45) is 17.8 Å². The Kier molecular flexibility index (Phi) is 5.62. The number of nitrogens with one attached hydrogen (secondary N) is 1. The quantitative estimate of drug-likeness (QED) is 0.770. The maximum atomic E-state index is 13.1. The fourth-order valence-corrected chi connectivity index (χ4v) is 5.70. The second-order valence-corrected chi connectivity index (χ2v) is 9.38. The third-order valence-corrected chi connectivity index (χ3v) is 7.37. The Labute approximate surface area is 180 Å². The molecule has 5 rings (SSSR count). The van der Waals surface area contributed by atoms with Crippen molar-refractivity contribution in [2.45, 2.75) is 38.9 Å². The fourth-order valence-electron chi connectivity index (χ4n) is 5.70. The van der Waals surface area contributed by atoms with Gasteiger partial charge in [0.2, 0.25) is 5.91 Å². The number of amides is 1. The molecule has 30 heavy (non-hydrogen) atoms. The molecule has 3 atom stereocenters. The first-order valence-electron chi connectivity index (χ1n) is 11.6. The van der Waals surface area contributed by atoms with Crippen LogP contribution in [0.3, 0.4) is 0 Å². The Hall–Kier alpha value is -2.17. The molecule has 2 heterocycles. The van der Waals surface area contributed by atoms with Crippen molar-refractivity contribution in [1.82, 2.24) is 15.1 Å². The Morgan fingerprint density at radius 2 is 1.70 bits per heavy atom. The molecular weight excluding hydrogens is 370 g/mol. The lowest BCUT2D eigenvalue weighted by Crippen LogP contribution is -2.51. The van der Waals surface area contributed by atoms with Crippen LogP contribution in [0.4, 0.5) is 0 Å². The van der Waals surface area contributed by atoms with Crippen LogP contribution in [-0.4, -0.2) is 47.9 Å². The molecule has 1 saturated heterocycles. The van der Waals surface area contributed by atoms with Crippen LogP contribution in [0.1, 0.15) is 30.0 Å². The minimum atomic E-state index is -0.0204. The third-order valence-electron chi connectivity index (χ3n) is 7.37. The highest BCUT2D eigenvalue weighted by Gasteiger charge is 2.55. The molecular formula is C26H33N3O. The second-order valence-electron chi connectivity index (χ2n) is 9.38. The number of hydrogen-bond donors (Lipinski definition) is 1. The Bertz CT molecular complexity index is 871. The molecule has 0 spiro atoms. The number of likely N-dealkylation sites (tertiary alicyclic amines) is 1. The molecule has 3 unspecified atom stereocenters. The maximum absolute atomic E-state index is 13.1. The zero-order valence-corrected chi connectivity index (χ0v) is 18.0. The molecule has 0 bridgehead atoms. The molecule has 2 aromatic carbocycles. The lowest BCUT2D eigenvalue weighted by molar-refractivity contribution is -0.127. The highest BCUT2D eigenvalue weighted by Crippen LogP contribution is 2.51. The highest BCUT2D eigenvalue weighted by molar-refractivity contribution is 5.82. The molecule has 3 aliphatic rings. The van der Waals surface area contributed by atoms with E-state index in [0.717, 1.165) is 50.9 Å².